The Balaban J connectivity index is 1.77. The molecule has 0 spiro atoms. The number of carbonyl (C=O) groups excluding carboxylic acids is 1. The van der Waals surface area contributed by atoms with Gasteiger partial charge in [-0.3, -0.25) is 9.52 Å². The van der Waals surface area contributed by atoms with Crippen molar-refractivity contribution in [1.29, 1.82) is 0 Å². The molecule has 1 amide bonds. The van der Waals surface area contributed by atoms with Crippen LogP contribution in [0.15, 0.2) is 60.0 Å². The number of imidazole rings is 1. The van der Waals surface area contributed by atoms with E-state index in [4.69, 9.17) is 4.98 Å². The van der Waals surface area contributed by atoms with E-state index in [9.17, 15) is 13.2 Å². The van der Waals surface area contributed by atoms with Crippen molar-refractivity contribution in [2.75, 3.05) is 10.5 Å². The first-order valence-electron chi connectivity index (χ1n) is 10.7. The topological polar surface area (TPSA) is 93.1 Å². The SMILES string of the molecule is CCS(=O)(=O)Nc1cc(C(=O)NC(C)Cc2cccs2)c2c(c1)nc(-c1ccccc1)n2C. The standard InChI is InChI=1S/C24H26N4O3S2/c1-4-33(30,31)27-18-14-20(24(29)25-16(2)13-19-11-8-12-32-19)22-21(15-18)26-23(28(22)3)17-9-6-5-7-10-17/h5-12,14-16,27H,4,13H2,1-3H3,(H,25,29). The Morgan fingerprint density at radius 1 is 1.15 bits per heavy atom. The third kappa shape index (κ3) is 5.09. The normalized spacial score (nSPS) is 12.6. The number of aryl methyl sites for hydroxylation is 1. The van der Waals surface area contributed by atoms with E-state index in [2.05, 4.69) is 10.0 Å². The average Bonchev–Trinajstić information content (AvgIpc) is 3.41. The lowest BCUT2D eigenvalue weighted by molar-refractivity contribution is 0.0941. The molecule has 33 heavy (non-hydrogen) atoms. The Morgan fingerprint density at radius 2 is 1.91 bits per heavy atom. The number of nitrogens with one attached hydrogen (secondary N) is 2. The second-order valence-corrected chi connectivity index (χ2v) is 11.0. The number of nitrogens with zero attached hydrogens (tertiary/aromatic N) is 2. The first-order valence-corrected chi connectivity index (χ1v) is 13.2. The van der Waals surface area contributed by atoms with E-state index in [1.54, 1.807) is 30.4 Å². The van der Waals surface area contributed by atoms with Crippen molar-refractivity contribution in [3.63, 3.8) is 0 Å². The highest BCUT2D eigenvalue weighted by molar-refractivity contribution is 7.92. The summed E-state index contributed by atoms with van der Waals surface area (Å²) in [6.07, 6.45) is 0.718. The smallest absolute Gasteiger partial charge is 0.253 e. The van der Waals surface area contributed by atoms with Gasteiger partial charge in [0, 0.05) is 30.0 Å². The fraction of sp³-hybridized carbons (Fsp3) is 0.250. The first kappa shape index (κ1) is 23.0. The third-order valence-electron chi connectivity index (χ3n) is 5.36. The molecule has 0 saturated heterocycles. The van der Waals surface area contributed by atoms with Crippen LogP contribution in [0.25, 0.3) is 22.4 Å². The number of anilines is 1. The van der Waals surface area contributed by atoms with Gasteiger partial charge in [-0.25, -0.2) is 13.4 Å². The zero-order chi connectivity index (χ0) is 23.6. The lowest BCUT2D eigenvalue weighted by atomic mass is 10.1. The molecule has 2 N–H and O–H groups in total. The van der Waals surface area contributed by atoms with Gasteiger partial charge in [-0.2, -0.15) is 0 Å². The molecule has 1 atom stereocenters. The van der Waals surface area contributed by atoms with E-state index in [0.29, 0.717) is 28.1 Å². The molecule has 0 saturated carbocycles. The van der Waals surface area contributed by atoms with Crippen LogP contribution in [0, 0.1) is 0 Å². The van der Waals surface area contributed by atoms with E-state index < -0.39 is 10.0 Å². The largest absolute Gasteiger partial charge is 0.349 e. The summed E-state index contributed by atoms with van der Waals surface area (Å²) >= 11 is 1.65. The second kappa shape index (κ2) is 9.36. The molecule has 0 radical (unpaired) electrons. The van der Waals surface area contributed by atoms with Crippen LogP contribution in [0.5, 0.6) is 0 Å². The van der Waals surface area contributed by atoms with Crippen LogP contribution in [0.2, 0.25) is 0 Å². The number of benzene rings is 2. The van der Waals surface area contributed by atoms with Gasteiger partial charge in [-0.15, -0.1) is 11.3 Å². The molecule has 1 unspecified atom stereocenters. The van der Waals surface area contributed by atoms with Crippen molar-refractivity contribution in [2.24, 2.45) is 7.05 Å². The van der Waals surface area contributed by atoms with E-state index in [0.717, 1.165) is 12.0 Å². The minimum Gasteiger partial charge on any atom is -0.349 e. The van der Waals surface area contributed by atoms with Gasteiger partial charge in [0.1, 0.15) is 5.82 Å². The number of rotatable bonds is 8. The number of hydrogen-bond donors (Lipinski definition) is 2. The minimum absolute atomic E-state index is 0.0676. The van der Waals surface area contributed by atoms with Crippen LogP contribution < -0.4 is 10.0 Å². The Kier molecular flexibility index (Phi) is 6.53. The Bertz CT molecular complexity index is 1380. The Labute approximate surface area is 197 Å². The summed E-state index contributed by atoms with van der Waals surface area (Å²) in [4.78, 5) is 19.3. The molecule has 9 heteroatoms. The van der Waals surface area contributed by atoms with Crippen LogP contribution in [0.1, 0.15) is 29.1 Å². The Morgan fingerprint density at radius 3 is 2.58 bits per heavy atom. The lowest BCUT2D eigenvalue weighted by Gasteiger charge is -2.15. The van der Waals surface area contributed by atoms with Crippen LogP contribution >= 0.6 is 11.3 Å². The first-order chi connectivity index (χ1) is 15.8. The average molecular weight is 483 g/mol. The van der Waals surface area contributed by atoms with Gasteiger partial charge in [0.05, 0.1) is 28.0 Å². The third-order valence-corrected chi connectivity index (χ3v) is 7.57. The van der Waals surface area contributed by atoms with Crippen LogP contribution in [0.4, 0.5) is 5.69 Å². The van der Waals surface area contributed by atoms with Gasteiger partial charge in [-0.1, -0.05) is 36.4 Å². The van der Waals surface area contributed by atoms with E-state index in [1.165, 1.54) is 4.88 Å². The van der Waals surface area contributed by atoms with Crippen molar-refractivity contribution in [1.82, 2.24) is 14.9 Å². The van der Waals surface area contributed by atoms with Crippen molar-refractivity contribution >= 4 is 44.0 Å². The molecule has 172 valence electrons. The van der Waals surface area contributed by atoms with Crippen molar-refractivity contribution in [2.45, 2.75) is 26.3 Å². The molecule has 2 aromatic carbocycles. The number of sulfonamides is 1. The summed E-state index contributed by atoms with van der Waals surface area (Å²) in [7, 11) is -1.65. The van der Waals surface area contributed by atoms with Gasteiger partial charge in [0.15, 0.2) is 0 Å². The quantitative estimate of drug-likeness (QED) is 0.389. The van der Waals surface area contributed by atoms with Gasteiger partial charge in [0.25, 0.3) is 5.91 Å². The molecule has 0 fully saturated rings. The maximum Gasteiger partial charge on any atom is 0.253 e. The van der Waals surface area contributed by atoms with Gasteiger partial charge < -0.3 is 9.88 Å². The molecular formula is C24H26N4O3S2. The summed E-state index contributed by atoms with van der Waals surface area (Å²) in [5.41, 5.74) is 2.79. The molecule has 2 heterocycles. The highest BCUT2D eigenvalue weighted by Gasteiger charge is 2.21. The van der Waals surface area contributed by atoms with Crippen LogP contribution in [-0.4, -0.2) is 35.7 Å². The van der Waals surface area contributed by atoms with Gasteiger partial charge in [0.2, 0.25) is 10.0 Å². The van der Waals surface area contributed by atoms with E-state index in [-0.39, 0.29) is 17.7 Å². The molecular weight excluding hydrogens is 456 g/mol. The van der Waals surface area contributed by atoms with Crippen molar-refractivity contribution < 1.29 is 13.2 Å². The zero-order valence-electron chi connectivity index (χ0n) is 18.7. The highest BCUT2D eigenvalue weighted by Crippen LogP contribution is 2.29. The Hall–Kier alpha value is -3.17. The molecule has 4 rings (SSSR count). The number of amides is 1. The maximum absolute atomic E-state index is 13.4. The molecule has 0 bridgehead atoms. The number of aromatic nitrogens is 2. The monoisotopic (exact) mass is 482 g/mol. The van der Waals surface area contributed by atoms with Gasteiger partial charge in [-0.05, 0) is 37.4 Å². The second-order valence-electron chi connectivity index (χ2n) is 7.92. The highest BCUT2D eigenvalue weighted by atomic mass is 32.2. The van der Waals surface area contributed by atoms with E-state index in [1.807, 2.05) is 66.4 Å². The fourth-order valence-electron chi connectivity index (χ4n) is 3.76. The summed E-state index contributed by atoms with van der Waals surface area (Å²) in [5, 5.41) is 5.07. The van der Waals surface area contributed by atoms with Gasteiger partial charge >= 0.3 is 0 Å². The number of thiophene rings is 1. The predicted molar refractivity (Wildman–Crippen MR) is 134 cm³/mol. The molecule has 2 aromatic heterocycles. The number of carbonyl (C=O) groups is 1. The molecule has 0 aliphatic heterocycles. The van der Waals surface area contributed by atoms with Crippen molar-refractivity contribution in [3.8, 4) is 11.4 Å². The zero-order valence-corrected chi connectivity index (χ0v) is 20.3. The summed E-state index contributed by atoms with van der Waals surface area (Å²) < 4.78 is 28.8. The predicted octanol–water partition coefficient (Wildman–Crippen LogP) is 4.42. The molecule has 4 aromatic rings. The lowest BCUT2D eigenvalue weighted by Crippen LogP contribution is -2.34. The summed E-state index contributed by atoms with van der Waals surface area (Å²) in [5.74, 6) is 0.355. The minimum atomic E-state index is -3.51. The number of hydrogen-bond acceptors (Lipinski definition) is 5. The maximum atomic E-state index is 13.4. The van der Waals surface area contributed by atoms with E-state index >= 15 is 0 Å². The molecule has 0 aliphatic rings. The van der Waals surface area contributed by atoms with Crippen molar-refractivity contribution in [3.05, 3.63) is 70.4 Å². The number of fused-ring (bicyclic) bond motifs is 1. The molecule has 7 nitrogen and oxygen atoms in total. The molecule has 0 aliphatic carbocycles. The summed E-state index contributed by atoms with van der Waals surface area (Å²) in [6, 6.07) is 16.9. The fourth-order valence-corrected chi connectivity index (χ4v) is 5.22. The van der Waals surface area contributed by atoms with Crippen LogP contribution in [0.3, 0.4) is 0 Å². The van der Waals surface area contributed by atoms with Crippen LogP contribution in [-0.2, 0) is 23.5 Å². The summed E-state index contributed by atoms with van der Waals surface area (Å²) in [6.45, 7) is 3.52.